The molecule has 50 heavy (non-hydrogen) atoms. The van der Waals surface area contributed by atoms with Crippen molar-refractivity contribution in [3.05, 3.63) is 82.9 Å². The number of hydrogen-bond acceptors (Lipinski definition) is 0. The lowest BCUT2D eigenvalue weighted by Gasteiger charge is -2.38. The molecule has 5 rings (SSSR count). The molecule has 0 spiro atoms. The van der Waals surface area contributed by atoms with E-state index >= 15 is 0 Å². The molecule has 0 saturated carbocycles. The van der Waals surface area contributed by atoms with Crippen LogP contribution in [0.25, 0.3) is 43.1 Å². The van der Waals surface area contributed by atoms with Crippen LogP contribution in [0.3, 0.4) is 0 Å². The molecule has 0 radical (unpaired) electrons. The molecule has 6 heteroatoms. The van der Waals surface area contributed by atoms with Crippen LogP contribution in [0.1, 0.15) is 94.2 Å². The molecule has 0 fully saturated rings. The molecule has 5 aromatic rings. The van der Waals surface area contributed by atoms with Gasteiger partial charge in [-0.2, -0.15) is 0 Å². The van der Waals surface area contributed by atoms with Gasteiger partial charge in [0.25, 0.3) is 0 Å². The van der Waals surface area contributed by atoms with Crippen molar-refractivity contribution < 1.29 is 17.6 Å². The topological polar surface area (TPSA) is 0 Å². The molecule has 0 bridgehead atoms. The first-order valence-corrected chi connectivity index (χ1v) is 22.5. The van der Waals surface area contributed by atoms with Crippen LogP contribution in [0.5, 0.6) is 0 Å². The predicted molar refractivity (Wildman–Crippen MR) is 212 cm³/mol. The van der Waals surface area contributed by atoms with E-state index in [-0.39, 0.29) is 0 Å². The fourth-order valence-corrected chi connectivity index (χ4v) is 19.6. The first-order chi connectivity index (χ1) is 23.4. The molecule has 0 aliphatic heterocycles. The van der Waals surface area contributed by atoms with Crippen LogP contribution in [-0.4, -0.2) is 16.1 Å². The number of halogens is 4. The fraction of sp³-hybridized carbons (Fsp3) is 0.409. The maximum absolute atomic E-state index is 14.7. The lowest BCUT2D eigenvalue weighted by Crippen LogP contribution is -2.43. The van der Waals surface area contributed by atoms with Crippen molar-refractivity contribution in [2.75, 3.05) is 0 Å². The minimum atomic E-state index is -2.22. The summed E-state index contributed by atoms with van der Waals surface area (Å²) >= 11 is 0. The highest BCUT2D eigenvalue weighted by atomic mass is 28.3. The van der Waals surface area contributed by atoms with Gasteiger partial charge < -0.3 is 0 Å². The first kappa shape index (κ1) is 37.7. The summed E-state index contributed by atoms with van der Waals surface area (Å²) in [5.74, 6) is 3.71. The molecule has 262 valence electrons. The van der Waals surface area contributed by atoms with Crippen LogP contribution in [-0.2, 0) is 0 Å². The molecule has 5 aromatic carbocycles. The normalized spacial score (nSPS) is 12.8. The molecule has 0 aromatic heterocycles. The monoisotopic (exact) mass is 710 g/mol. The summed E-state index contributed by atoms with van der Waals surface area (Å²) in [5.41, 5.74) is 11.6. The fourth-order valence-electron chi connectivity index (χ4n) is 9.18. The Morgan fingerprint density at radius 3 is 0.740 bits per heavy atom. The third kappa shape index (κ3) is 6.18. The Hall–Kier alpha value is -3.59. The van der Waals surface area contributed by atoms with Crippen LogP contribution in [0.4, 0.5) is 17.6 Å². The molecule has 0 saturated heterocycles. The zero-order valence-corrected chi connectivity index (χ0v) is 33.6. The van der Waals surface area contributed by atoms with Gasteiger partial charge in [-0.15, -0.1) is 11.1 Å². The summed E-state index contributed by atoms with van der Waals surface area (Å²) in [6.45, 7) is 27.2. The van der Waals surface area contributed by atoms with Gasteiger partial charge in [-0.25, -0.2) is 17.6 Å². The Bertz CT molecular complexity index is 1940. The van der Waals surface area contributed by atoms with Gasteiger partial charge in [-0.3, -0.25) is 0 Å². The van der Waals surface area contributed by atoms with Crippen LogP contribution in [0.2, 0.25) is 33.2 Å². The zero-order valence-electron chi connectivity index (χ0n) is 31.6. The SMILES string of the molecule is CC(C)[Si](C#Cc1c2cc3cc(F)c(F)cc3cc2c(C#C[Si](C(C)C)(C(C)C)C(C)C)c2cc3cc(F)c(F)cc3cc12)(C(C)C)C(C)C. The standard InChI is InChI=1S/C44H50F4Si2/c1-25(2)49(26(3)4,27(5)6)15-13-35-37-17-31-21-41(45)43(47)23-33(31)19-39(37)36(14-16-50(28(7)8,29(9)10)30(11)12)40-20-34-24-44(48)42(46)22-32(34)18-38(35)40/h17-30H,1-12H3. The molecule has 0 N–H and O–H groups in total. The minimum Gasteiger partial charge on any atom is -0.204 e. The molecule has 0 amide bonds. The van der Waals surface area contributed by atoms with Gasteiger partial charge >= 0.3 is 0 Å². The minimum absolute atomic E-state index is 0.384. The number of rotatable bonds is 6. The number of benzene rings is 5. The predicted octanol–water partition coefficient (Wildman–Crippen LogP) is 14.0. The van der Waals surface area contributed by atoms with Crippen molar-refractivity contribution in [1.29, 1.82) is 0 Å². The van der Waals surface area contributed by atoms with E-state index in [4.69, 9.17) is 0 Å². The molecule has 0 heterocycles. The summed E-state index contributed by atoms with van der Waals surface area (Å²) in [5, 5.41) is 5.40. The molecule has 0 unspecified atom stereocenters. The lowest BCUT2D eigenvalue weighted by atomic mass is 9.89. The van der Waals surface area contributed by atoms with E-state index in [1.165, 1.54) is 24.3 Å². The van der Waals surface area contributed by atoms with Crippen LogP contribution in [0, 0.1) is 46.2 Å². The van der Waals surface area contributed by atoms with E-state index in [1.807, 2.05) is 24.3 Å². The van der Waals surface area contributed by atoms with Crippen molar-refractivity contribution in [2.45, 2.75) is 116 Å². The summed E-state index contributed by atoms with van der Waals surface area (Å²) in [4.78, 5) is 0. The zero-order chi connectivity index (χ0) is 37.0. The van der Waals surface area contributed by atoms with Crippen molar-refractivity contribution in [3.8, 4) is 22.9 Å². The van der Waals surface area contributed by atoms with Crippen LogP contribution < -0.4 is 0 Å². The first-order valence-electron chi connectivity index (χ1n) is 18.0. The van der Waals surface area contributed by atoms with Gasteiger partial charge in [-0.05, 0) is 125 Å². The summed E-state index contributed by atoms with van der Waals surface area (Å²) in [6.07, 6.45) is 0. The molecule has 0 nitrogen and oxygen atoms in total. The molecular weight excluding hydrogens is 661 g/mol. The summed E-state index contributed by atoms with van der Waals surface area (Å²) < 4.78 is 58.8. The highest BCUT2D eigenvalue weighted by Crippen LogP contribution is 2.44. The van der Waals surface area contributed by atoms with E-state index in [0.717, 1.165) is 32.7 Å². The third-order valence-electron chi connectivity index (χ3n) is 11.6. The van der Waals surface area contributed by atoms with Gasteiger partial charge in [0.2, 0.25) is 0 Å². The van der Waals surface area contributed by atoms with Crippen LogP contribution >= 0.6 is 0 Å². The largest absolute Gasteiger partial charge is 0.204 e. The van der Waals surface area contributed by atoms with E-state index < -0.39 is 39.4 Å². The molecule has 0 aliphatic rings. The van der Waals surface area contributed by atoms with Crippen molar-refractivity contribution >= 4 is 59.2 Å². The maximum atomic E-state index is 14.7. The van der Waals surface area contributed by atoms with E-state index in [0.29, 0.717) is 54.8 Å². The van der Waals surface area contributed by atoms with Crippen LogP contribution in [0.15, 0.2) is 48.5 Å². The van der Waals surface area contributed by atoms with E-state index in [9.17, 15) is 17.6 Å². The van der Waals surface area contributed by atoms with Gasteiger partial charge in [0.1, 0.15) is 16.1 Å². The highest BCUT2D eigenvalue weighted by Gasteiger charge is 2.43. The molecule has 0 atom stereocenters. The van der Waals surface area contributed by atoms with Crippen molar-refractivity contribution in [1.82, 2.24) is 0 Å². The van der Waals surface area contributed by atoms with Gasteiger partial charge in [0, 0.05) is 11.1 Å². The Kier molecular flexibility index (Phi) is 10.4. The smallest absolute Gasteiger partial charge is 0.159 e. The number of fused-ring (bicyclic) bond motifs is 4. The Balaban J connectivity index is 2.09. The average Bonchev–Trinajstić information content (AvgIpc) is 3.01. The number of hydrogen-bond donors (Lipinski definition) is 0. The Morgan fingerprint density at radius 1 is 0.360 bits per heavy atom. The molecular formula is C44H50F4Si2. The van der Waals surface area contributed by atoms with Gasteiger partial charge in [-0.1, -0.05) is 94.9 Å². The van der Waals surface area contributed by atoms with Gasteiger partial charge in [0.05, 0.1) is 0 Å². The third-order valence-corrected chi connectivity index (χ3v) is 24.2. The van der Waals surface area contributed by atoms with E-state index in [2.05, 4.69) is 106 Å². The second-order valence-corrected chi connectivity index (χ2v) is 27.2. The summed E-state index contributed by atoms with van der Waals surface area (Å²) in [6, 6.07) is 12.5. The molecule has 0 aliphatic carbocycles. The van der Waals surface area contributed by atoms with E-state index in [1.54, 1.807) is 0 Å². The van der Waals surface area contributed by atoms with Crippen molar-refractivity contribution in [3.63, 3.8) is 0 Å². The maximum Gasteiger partial charge on any atom is 0.159 e. The highest BCUT2D eigenvalue weighted by molar-refractivity contribution is 6.91. The summed E-state index contributed by atoms with van der Waals surface area (Å²) in [7, 11) is -4.44. The van der Waals surface area contributed by atoms with Gasteiger partial charge in [0.15, 0.2) is 23.3 Å². The van der Waals surface area contributed by atoms with Crippen molar-refractivity contribution in [2.24, 2.45) is 0 Å². The average molecular weight is 711 g/mol. The quantitative estimate of drug-likeness (QED) is 0.0712. The lowest BCUT2D eigenvalue weighted by molar-refractivity contribution is 0.511. The Morgan fingerprint density at radius 2 is 0.560 bits per heavy atom. The second kappa shape index (κ2) is 13.9. The second-order valence-electron chi connectivity index (χ2n) is 16.1. The Labute approximate surface area is 298 Å².